The smallest absolute Gasteiger partial charge is 0.328 e. The lowest BCUT2D eigenvalue weighted by atomic mass is 9.94. The van der Waals surface area contributed by atoms with Crippen molar-refractivity contribution in [3.63, 3.8) is 0 Å². The normalized spacial score (nSPS) is 17.1. The van der Waals surface area contributed by atoms with Crippen LogP contribution < -0.4 is 5.32 Å². The fraction of sp³-hybridized carbons (Fsp3) is 0.360. The summed E-state index contributed by atoms with van der Waals surface area (Å²) in [5.41, 5.74) is 1.66. The molecular weight excluding hydrogens is 408 g/mol. The molecule has 1 saturated carbocycles. The summed E-state index contributed by atoms with van der Waals surface area (Å²) in [7, 11) is 1.27. The van der Waals surface area contributed by atoms with Gasteiger partial charge in [0.15, 0.2) is 0 Å². The van der Waals surface area contributed by atoms with Gasteiger partial charge < -0.3 is 10.1 Å². The quantitative estimate of drug-likeness (QED) is 0.557. The number of hydrogen-bond donors (Lipinski definition) is 1. The molecule has 0 saturated heterocycles. The Bertz CT molecular complexity index is 1040. The highest BCUT2D eigenvalue weighted by molar-refractivity contribution is 6.22. The Morgan fingerprint density at radius 1 is 1.00 bits per heavy atom. The standard InChI is InChI=1S/C25H26N2O5/c1-32-25(31)21(14-16-8-4-2-5-9-16)26-22(28)17-12-13-19-20(15-17)24(30)27(23(19)29)18-10-6-3-7-11-18/h2,4-5,8-9,12-13,15,18,21H,3,6-7,10-11,14H2,1H3,(H,26,28)/t21-/m1/s1. The van der Waals surface area contributed by atoms with Crippen molar-refractivity contribution in [2.45, 2.75) is 50.6 Å². The number of ether oxygens (including phenoxy) is 1. The predicted molar refractivity (Wildman–Crippen MR) is 117 cm³/mol. The summed E-state index contributed by atoms with van der Waals surface area (Å²) in [5, 5.41) is 2.70. The topological polar surface area (TPSA) is 92.8 Å². The van der Waals surface area contributed by atoms with Gasteiger partial charge in [-0.25, -0.2) is 4.79 Å². The van der Waals surface area contributed by atoms with Crippen LogP contribution in [0, 0.1) is 0 Å². The van der Waals surface area contributed by atoms with Crippen molar-refractivity contribution in [1.82, 2.24) is 10.2 Å². The van der Waals surface area contributed by atoms with Crippen LogP contribution in [0.5, 0.6) is 0 Å². The third-order valence-corrected chi connectivity index (χ3v) is 6.19. The molecule has 1 atom stereocenters. The van der Waals surface area contributed by atoms with Gasteiger partial charge in [0, 0.05) is 18.0 Å². The van der Waals surface area contributed by atoms with Gasteiger partial charge in [-0.2, -0.15) is 0 Å². The van der Waals surface area contributed by atoms with Gasteiger partial charge in [-0.1, -0.05) is 49.6 Å². The number of methoxy groups -OCH3 is 1. The van der Waals surface area contributed by atoms with E-state index < -0.39 is 17.9 Å². The molecule has 2 aliphatic rings. The summed E-state index contributed by atoms with van der Waals surface area (Å²) in [4.78, 5) is 52.3. The maximum absolute atomic E-state index is 13.0. The maximum Gasteiger partial charge on any atom is 0.328 e. The van der Waals surface area contributed by atoms with E-state index in [4.69, 9.17) is 4.74 Å². The number of amides is 3. The van der Waals surface area contributed by atoms with Crippen molar-refractivity contribution in [3.05, 3.63) is 70.8 Å². The molecule has 1 N–H and O–H groups in total. The molecule has 32 heavy (non-hydrogen) atoms. The monoisotopic (exact) mass is 434 g/mol. The first-order chi connectivity index (χ1) is 15.5. The second kappa shape index (κ2) is 9.34. The van der Waals surface area contributed by atoms with Gasteiger partial charge >= 0.3 is 5.97 Å². The Hall–Kier alpha value is -3.48. The zero-order valence-electron chi connectivity index (χ0n) is 18.0. The van der Waals surface area contributed by atoms with E-state index in [1.807, 2.05) is 30.3 Å². The van der Waals surface area contributed by atoms with Gasteiger partial charge in [-0.15, -0.1) is 0 Å². The highest BCUT2D eigenvalue weighted by atomic mass is 16.5. The molecule has 1 heterocycles. The molecule has 0 radical (unpaired) electrons. The minimum Gasteiger partial charge on any atom is -0.467 e. The fourth-order valence-electron chi connectivity index (χ4n) is 4.50. The van der Waals surface area contributed by atoms with E-state index in [-0.39, 0.29) is 35.4 Å². The second-order valence-electron chi connectivity index (χ2n) is 8.27. The summed E-state index contributed by atoms with van der Waals surface area (Å²) >= 11 is 0. The average molecular weight is 434 g/mol. The highest BCUT2D eigenvalue weighted by Crippen LogP contribution is 2.31. The number of carbonyl (C=O) groups excluding carboxylic acids is 4. The number of esters is 1. The molecule has 0 spiro atoms. The van der Waals surface area contributed by atoms with Crippen LogP contribution in [0.15, 0.2) is 48.5 Å². The molecule has 2 aromatic rings. The minimum atomic E-state index is -0.876. The van der Waals surface area contributed by atoms with E-state index >= 15 is 0 Å². The van der Waals surface area contributed by atoms with Gasteiger partial charge in [-0.3, -0.25) is 19.3 Å². The number of rotatable bonds is 6. The first kappa shape index (κ1) is 21.7. The maximum atomic E-state index is 13.0. The molecule has 1 fully saturated rings. The molecule has 1 aliphatic carbocycles. The first-order valence-corrected chi connectivity index (χ1v) is 10.9. The molecule has 166 valence electrons. The number of benzene rings is 2. The summed E-state index contributed by atoms with van der Waals surface area (Å²) in [6.07, 6.45) is 5.04. The van der Waals surface area contributed by atoms with E-state index in [2.05, 4.69) is 5.32 Å². The molecular formula is C25H26N2O5. The predicted octanol–water partition coefficient (Wildman–Crippen LogP) is 3.13. The first-order valence-electron chi connectivity index (χ1n) is 10.9. The van der Waals surface area contributed by atoms with Gasteiger partial charge in [0.05, 0.1) is 18.2 Å². The lowest BCUT2D eigenvalue weighted by Gasteiger charge is -2.29. The molecule has 1 aliphatic heterocycles. The van der Waals surface area contributed by atoms with E-state index in [9.17, 15) is 19.2 Å². The molecule has 4 rings (SSSR count). The molecule has 2 aromatic carbocycles. The number of nitrogens with zero attached hydrogens (tertiary/aromatic N) is 1. The summed E-state index contributed by atoms with van der Waals surface area (Å²) < 4.78 is 4.85. The van der Waals surface area contributed by atoms with Gasteiger partial charge in [0.25, 0.3) is 17.7 Å². The molecule has 0 aromatic heterocycles. The third kappa shape index (κ3) is 4.28. The lowest BCUT2D eigenvalue weighted by molar-refractivity contribution is -0.142. The largest absolute Gasteiger partial charge is 0.467 e. The molecule has 7 heteroatoms. The number of hydrogen-bond acceptors (Lipinski definition) is 5. The van der Waals surface area contributed by atoms with Crippen molar-refractivity contribution in [2.24, 2.45) is 0 Å². The SMILES string of the molecule is COC(=O)[C@@H](Cc1ccccc1)NC(=O)c1ccc2c(c1)C(=O)N(C1CCCCC1)C2=O. The lowest BCUT2D eigenvalue weighted by Crippen LogP contribution is -2.43. The zero-order valence-corrected chi connectivity index (χ0v) is 18.0. The summed E-state index contributed by atoms with van der Waals surface area (Å²) in [6, 6.07) is 12.8. The highest BCUT2D eigenvalue weighted by Gasteiger charge is 2.40. The van der Waals surface area contributed by atoms with E-state index in [1.165, 1.54) is 30.2 Å². The molecule has 3 amide bonds. The number of nitrogens with one attached hydrogen (secondary N) is 1. The van der Waals surface area contributed by atoms with Crippen LogP contribution in [0.1, 0.15) is 68.7 Å². The van der Waals surface area contributed by atoms with Crippen molar-refractivity contribution in [2.75, 3.05) is 7.11 Å². The Balaban J connectivity index is 1.53. The molecule has 0 bridgehead atoms. The van der Waals surface area contributed by atoms with Crippen LogP contribution in [-0.2, 0) is 16.0 Å². The van der Waals surface area contributed by atoms with Crippen LogP contribution in [0.25, 0.3) is 0 Å². The van der Waals surface area contributed by atoms with E-state index in [1.54, 1.807) is 0 Å². The van der Waals surface area contributed by atoms with Crippen molar-refractivity contribution in [3.8, 4) is 0 Å². The van der Waals surface area contributed by atoms with Crippen LogP contribution in [0.4, 0.5) is 0 Å². The fourth-order valence-corrected chi connectivity index (χ4v) is 4.50. The van der Waals surface area contributed by atoms with Crippen LogP contribution >= 0.6 is 0 Å². The number of fused-ring (bicyclic) bond motifs is 1. The average Bonchev–Trinajstić information content (AvgIpc) is 3.08. The van der Waals surface area contributed by atoms with Gasteiger partial charge in [0.2, 0.25) is 0 Å². The van der Waals surface area contributed by atoms with Crippen LogP contribution in [-0.4, -0.2) is 47.8 Å². The summed E-state index contributed by atoms with van der Waals surface area (Å²) in [5.74, 6) is -1.70. The van der Waals surface area contributed by atoms with Gasteiger partial charge in [0.1, 0.15) is 6.04 Å². The van der Waals surface area contributed by atoms with Crippen molar-refractivity contribution < 1.29 is 23.9 Å². The molecule has 0 unspecified atom stereocenters. The Morgan fingerprint density at radius 3 is 2.38 bits per heavy atom. The minimum absolute atomic E-state index is 0.0806. The number of carbonyl (C=O) groups is 4. The second-order valence-corrected chi connectivity index (χ2v) is 8.27. The van der Waals surface area contributed by atoms with Crippen molar-refractivity contribution in [1.29, 1.82) is 0 Å². The zero-order chi connectivity index (χ0) is 22.7. The van der Waals surface area contributed by atoms with Gasteiger partial charge in [-0.05, 0) is 36.6 Å². The van der Waals surface area contributed by atoms with Crippen molar-refractivity contribution >= 4 is 23.7 Å². The Labute approximate surface area is 186 Å². The Kier molecular flexibility index (Phi) is 6.35. The third-order valence-electron chi connectivity index (χ3n) is 6.19. The van der Waals surface area contributed by atoms with E-state index in [0.717, 1.165) is 37.7 Å². The van der Waals surface area contributed by atoms with Crippen LogP contribution in [0.3, 0.4) is 0 Å². The Morgan fingerprint density at radius 2 is 1.69 bits per heavy atom. The van der Waals surface area contributed by atoms with Crippen LogP contribution in [0.2, 0.25) is 0 Å². The number of imide groups is 1. The molecule has 7 nitrogen and oxygen atoms in total. The van der Waals surface area contributed by atoms with E-state index in [0.29, 0.717) is 5.56 Å². The summed E-state index contributed by atoms with van der Waals surface area (Å²) in [6.45, 7) is 0.